The summed E-state index contributed by atoms with van der Waals surface area (Å²) in [7, 11) is 0. The molecule has 2 aromatic rings. The predicted molar refractivity (Wildman–Crippen MR) is 76.2 cm³/mol. The Morgan fingerprint density at radius 3 is 2.63 bits per heavy atom. The number of rotatable bonds is 1. The van der Waals surface area contributed by atoms with Crippen molar-refractivity contribution in [3.8, 4) is 6.07 Å². The molecule has 3 heteroatoms. The quantitative estimate of drug-likeness (QED) is 0.509. The Morgan fingerprint density at radius 2 is 1.79 bits per heavy atom. The molecule has 90 valence electrons. The van der Waals surface area contributed by atoms with E-state index in [-0.39, 0.29) is 0 Å². The van der Waals surface area contributed by atoms with E-state index in [9.17, 15) is 0 Å². The minimum Gasteiger partial charge on any atom is -0.448 e. The van der Waals surface area contributed by atoms with Crippen molar-refractivity contribution in [2.24, 2.45) is 0 Å². The Labute approximate surface area is 113 Å². The van der Waals surface area contributed by atoms with E-state index in [0.717, 1.165) is 21.8 Å². The van der Waals surface area contributed by atoms with Gasteiger partial charge in [-0.25, -0.2) is 0 Å². The second-order valence-electron chi connectivity index (χ2n) is 4.52. The van der Waals surface area contributed by atoms with E-state index in [0.29, 0.717) is 6.42 Å². The lowest BCUT2D eigenvalue weighted by Gasteiger charge is -1.96. The third-order valence-electron chi connectivity index (χ3n) is 3.29. The molecule has 2 aliphatic rings. The summed E-state index contributed by atoms with van der Waals surface area (Å²) in [4.78, 5) is 0. The van der Waals surface area contributed by atoms with Crippen LogP contribution in [0.5, 0.6) is 0 Å². The van der Waals surface area contributed by atoms with Crippen LogP contribution in [-0.4, -0.2) is 0 Å². The highest BCUT2D eigenvalue weighted by molar-refractivity contribution is 7.24. The molecule has 0 atom stereocenters. The first-order chi connectivity index (χ1) is 9.36. The molecule has 0 aliphatic carbocycles. The van der Waals surface area contributed by atoms with Crippen LogP contribution in [0.3, 0.4) is 0 Å². The van der Waals surface area contributed by atoms with Gasteiger partial charge in [-0.3, -0.25) is 0 Å². The molecular weight excluding hydrogens is 254 g/mol. The number of benzene rings is 2. The summed E-state index contributed by atoms with van der Waals surface area (Å²) in [5, 5.41) is 11.1. The summed E-state index contributed by atoms with van der Waals surface area (Å²) >= 11 is 1.75. The minimum atomic E-state index is 0.447. The predicted octanol–water partition coefficient (Wildman–Crippen LogP) is 4.44. The summed E-state index contributed by atoms with van der Waals surface area (Å²) in [6.45, 7) is 0. The van der Waals surface area contributed by atoms with Gasteiger partial charge in [-0.05, 0) is 29.8 Å². The lowest BCUT2D eigenvalue weighted by Crippen LogP contribution is -1.79. The van der Waals surface area contributed by atoms with Crippen molar-refractivity contribution < 1.29 is 4.42 Å². The average molecular weight is 263 g/mol. The summed E-state index contributed by atoms with van der Waals surface area (Å²) in [6, 6.07) is 16.6. The van der Waals surface area contributed by atoms with Crippen LogP contribution in [0.4, 0.5) is 0 Å². The maximum Gasteiger partial charge on any atom is 0.179 e. The van der Waals surface area contributed by atoms with E-state index in [2.05, 4.69) is 30.3 Å². The van der Waals surface area contributed by atoms with Gasteiger partial charge in [0.05, 0.1) is 12.5 Å². The number of hydrogen-bond donors (Lipinski definition) is 0. The lowest BCUT2D eigenvalue weighted by molar-refractivity contribution is 0.649. The number of nitriles is 1. The fraction of sp³-hybridized carbons (Fsp3) is 0.0625. The highest BCUT2D eigenvalue weighted by Gasteiger charge is 2.11. The summed E-state index contributed by atoms with van der Waals surface area (Å²) in [5.41, 5.74) is 3.03. The van der Waals surface area contributed by atoms with Crippen LogP contribution in [0.1, 0.15) is 5.56 Å². The summed E-state index contributed by atoms with van der Waals surface area (Å²) in [6.07, 6.45) is 0.447. The van der Waals surface area contributed by atoms with Crippen molar-refractivity contribution in [1.82, 2.24) is 0 Å². The van der Waals surface area contributed by atoms with Gasteiger partial charge >= 0.3 is 0 Å². The van der Waals surface area contributed by atoms with Crippen LogP contribution < -0.4 is 0 Å². The molecule has 0 saturated carbocycles. The van der Waals surface area contributed by atoms with E-state index in [4.69, 9.17) is 9.68 Å². The Morgan fingerprint density at radius 1 is 1.00 bits per heavy atom. The van der Waals surface area contributed by atoms with Crippen LogP contribution in [0.25, 0.3) is 20.2 Å². The molecule has 2 heterocycles. The Hall–Kier alpha value is -2.31. The Balaban J connectivity index is 2.18. The zero-order chi connectivity index (χ0) is 12.8. The van der Waals surface area contributed by atoms with E-state index in [1.807, 2.05) is 18.2 Å². The van der Waals surface area contributed by atoms with E-state index in [1.54, 1.807) is 11.3 Å². The van der Waals surface area contributed by atoms with Gasteiger partial charge < -0.3 is 4.42 Å². The van der Waals surface area contributed by atoms with Crippen LogP contribution in [0, 0.1) is 22.2 Å². The number of fused-ring (bicyclic) bond motifs is 4. The van der Waals surface area contributed by atoms with Gasteiger partial charge in [0, 0.05) is 20.2 Å². The van der Waals surface area contributed by atoms with Crippen LogP contribution in [0.15, 0.2) is 46.9 Å². The first kappa shape index (κ1) is 10.6. The van der Waals surface area contributed by atoms with Crippen molar-refractivity contribution in [2.45, 2.75) is 6.42 Å². The molecule has 2 nitrogen and oxygen atoms in total. The molecule has 0 amide bonds. The fourth-order valence-electron chi connectivity index (χ4n) is 2.33. The standard InChI is InChI=1S/C16H9NOS/c17-8-7-10-5-6-12-14(9-10)19-13-4-2-1-3-11(13)15-16(12)18-15/h1-6,9H,7H2. The zero-order valence-electron chi connectivity index (χ0n) is 10.0. The molecule has 0 bridgehead atoms. The molecule has 4 rings (SSSR count). The van der Waals surface area contributed by atoms with Crippen molar-refractivity contribution in [3.63, 3.8) is 0 Å². The van der Waals surface area contributed by atoms with Gasteiger partial charge in [0.1, 0.15) is 0 Å². The highest BCUT2D eigenvalue weighted by Crippen LogP contribution is 2.32. The monoisotopic (exact) mass is 263 g/mol. The van der Waals surface area contributed by atoms with Crippen LogP contribution in [0.2, 0.25) is 0 Å². The smallest absolute Gasteiger partial charge is 0.179 e. The van der Waals surface area contributed by atoms with Gasteiger partial charge in [0.15, 0.2) is 10.8 Å². The van der Waals surface area contributed by atoms with Crippen molar-refractivity contribution in [3.05, 3.63) is 58.9 Å². The van der Waals surface area contributed by atoms with Gasteiger partial charge in [-0.1, -0.05) is 18.2 Å². The zero-order valence-corrected chi connectivity index (χ0v) is 10.8. The Bertz CT molecular complexity index is 1000. The van der Waals surface area contributed by atoms with Crippen molar-refractivity contribution in [1.29, 1.82) is 5.26 Å². The highest BCUT2D eigenvalue weighted by atomic mass is 32.1. The molecule has 0 unspecified atom stereocenters. The Kier molecular flexibility index (Phi) is 2.14. The van der Waals surface area contributed by atoms with E-state index >= 15 is 0 Å². The molecule has 19 heavy (non-hydrogen) atoms. The normalized spacial score (nSPS) is 11.3. The molecule has 2 aliphatic heterocycles. The third-order valence-corrected chi connectivity index (χ3v) is 4.43. The number of nitrogens with zero attached hydrogens (tertiary/aromatic N) is 1. The first-order valence-corrected chi connectivity index (χ1v) is 6.88. The second-order valence-corrected chi connectivity index (χ2v) is 5.61. The van der Waals surface area contributed by atoms with Crippen LogP contribution >= 0.6 is 11.3 Å². The maximum absolute atomic E-state index is 8.81. The average Bonchev–Trinajstić information content (AvgIpc) is 3.20. The topological polar surface area (TPSA) is 36.9 Å². The molecule has 0 N–H and O–H groups in total. The van der Waals surface area contributed by atoms with E-state index in [1.165, 1.54) is 14.8 Å². The minimum absolute atomic E-state index is 0.447. The number of hydrogen-bond acceptors (Lipinski definition) is 3. The molecule has 0 aromatic heterocycles. The molecule has 0 saturated heterocycles. The van der Waals surface area contributed by atoms with Crippen molar-refractivity contribution >= 4 is 31.5 Å². The third kappa shape index (κ3) is 1.61. The first-order valence-electron chi connectivity index (χ1n) is 6.06. The molecular formula is C16H9NOS. The van der Waals surface area contributed by atoms with Gasteiger partial charge in [-0.2, -0.15) is 5.26 Å². The molecule has 0 fully saturated rings. The molecule has 0 radical (unpaired) electrons. The summed E-state index contributed by atoms with van der Waals surface area (Å²) < 4.78 is 8.04. The lowest BCUT2D eigenvalue weighted by atomic mass is 10.1. The SMILES string of the molecule is N#CCc1ccc2c3oc=3c3ccccc3sc2c1. The fourth-order valence-corrected chi connectivity index (χ4v) is 3.47. The second kappa shape index (κ2) is 3.84. The van der Waals surface area contributed by atoms with Gasteiger partial charge in [-0.15, -0.1) is 11.3 Å². The van der Waals surface area contributed by atoms with Crippen LogP contribution in [-0.2, 0) is 6.42 Å². The van der Waals surface area contributed by atoms with Gasteiger partial charge in [0.2, 0.25) is 0 Å². The maximum atomic E-state index is 8.81. The summed E-state index contributed by atoms with van der Waals surface area (Å²) in [5.74, 6) is 0. The van der Waals surface area contributed by atoms with Crippen molar-refractivity contribution in [2.75, 3.05) is 0 Å². The molecule has 0 spiro atoms. The molecule has 2 aromatic carbocycles. The van der Waals surface area contributed by atoms with Gasteiger partial charge in [0.25, 0.3) is 0 Å². The van der Waals surface area contributed by atoms with E-state index < -0.39 is 0 Å². The largest absolute Gasteiger partial charge is 0.448 e.